The van der Waals surface area contributed by atoms with Crippen LogP contribution in [0.25, 0.3) is 0 Å². The molecule has 2 aliphatic carbocycles. The van der Waals surface area contributed by atoms with Crippen molar-refractivity contribution in [3.63, 3.8) is 0 Å². The molecule has 158 valence electrons. The SMILES string of the molecule is CCC(CC)(CCCO[C@H](C)C1CC[C@H]2C(=O)CCC[C@]12C)OS(C)(=O)=O. The molecule has 1 unspecified atom stereocenters. The lowest BCUT2D eigenvalue weighted by molar-refractivity contribution is -0.131. The van der Waals surface area contributed by atoms with Crippen molar-refractivity contribution in [2.75, 3.05) is 12.9 Å². The summed E-state index contributed by atoms with van der Waals surface area (Å²) in [7, 11) is -3.47. The number of hydrogen-bond donors (Lipinski definition) is 0. The van der Waals surface area contributed by atoms with Gasteiger partial charge in [0, 0.05) is 18.9 Å². The van der Waals surface area contributed by atoms with Crippen molar-refractivity contribution in [2.24, 2.45) is 17.3 Å². The maximum absolute atomic E-state index is 12.3. The van der Waals surface area contributed by atoms with Crippen molar-refractivity contribution >= 4 is 15.9 Å². The average molecular weight is 403 g/mol. The Balaban J connectivity index is 1.87. The van der Waals surface area contributed by atoms with Gasteiger partial charge in [-0.2, -0.15) is 8.42 Å². The standard InChI is InChI=1S/C21H38O5S/c1-6-21(7-2,26-27(5,23)24)14-9-15-25-16(3)17-11-12-18-19(22)10-8-13-20(17,18)4/h16-18H,6-15H2,1-5H3/t16-,17?,18+,20-/m1/s1. The fraction of sp³-hybridized carbons (Fsp3) is 0.952. The largest absolute Gasteiger partial charge is 0.378 e. The number of ether oxygens (including phenoxy) is 1. The van der Waals surface area contributed by atoms with Gasteiger partial charge in [-0.1, -0.05) is 20.8 Å². The summed E-state index contributed by atoms with van der Waals surface area (Å²) in [6, 6.07) is 0. The second-order valence-electron chi connectivity index (χ2n) is 8.92. The molecule has 2 rings (SSSR count). The molecule has 5 nitrogen and oxygen atoms in total. The minimum Gasteiger partial charge on any atom is -0.378 e. The summed E-state index contributed by atoms with van der Waals surface area (Å²) in [4.78, 5) is 12.3. The third-order valence-corrected chi connectivity index (χ3v) is 7.93. The van der Waals surface area contributed by atoms with Gasteiger partial charge in [0.25, 0.3) is 10.1 Å². The van der Waals surface area contributed by atoms with Crippen LogP contribution >= 0.6 is 0 Å². The highest BCUT2D eigenvalue weighted by Crippen LogP contribution is 2.55. The molecule has 0 aliphatic heterocycles. The lowest BCUT2D eigenvalue weighted by Crippen LogP contribution is -2.41. The van der Waals surface area contributed by atoms with E-state index in [-0.39, 0.29) is 17.4 Å². The smallest absolute Gasteiger partial charge is 0.264 e. The van der Waals surface area contributed by atoms with E-state index in [9.17, 15) is 13.2 Å². The Bertz CT molecular complexity index is 610. The third-order valence-electron chi connectivity index (χ3n) is 7.28. The van der Waals surface area contributed by atoms with Crippen LogP contribution in [0, 0.1) is 17.3 Å². The summed E-state index contributed by atoms with van der Waals surface area (Å²) in [6.07, 6.45) is 8.96. The van der Waals surface area contributed by atoms with Gasteiger partial charge in [0.15, 0.2) is 0 Å². The monoisotopic (exact) mass is 402 g/mol. The number of fused-ring (bicyclic) bond motifs is 1. The molecule has 0 spiro atoms. The van der Waals surface area contributed by atoms with Crippen LogP contribution in [0.1, 0.15) is 85.5 Å². The lowest BCUT2D eigenvalue weighted by atomic mass is 9.64. The number of hydrogen-bond acceptors (Lipinski definition) is 5. The molecule has 2 saturated carbocycles. The van der Waals surface area contributed by atoms with Crippen molar-refractivity contribution < 1.29 is 22.1 Å². The summed E-state index contributed by atoms with van der Waals surface area (Å²) >= 11 is 0. The number of carbonyl (C=O) groups is 1. The zero-order chi connectivity index (χ0) is 20.3. The molecule has 0 radical (unpaired) electrons. The van der Waals surface area contributed by atoms with Gasteiger partial charge in [0.05, 0.1) is 18.0 Å². The van der Waals surface area contributed by atoms with E-state index in [0.717, 1.165) is 44.8 Å². The van der Waals surface area contributed by atoms with Crippen LogP contribution in [0.15, 0.2) is 0 Å². The molecule has 2 aliphatic rings. The Morgan fingerprint density at radius 2 is 1.93 bits per heavy atom. The molecule has 0 N–H and O–H groups in total. The van der Waals surface area contributed by atoms with Crippen LogP contribution in [0.4, 0.5) is 0 Å². The van der Waals surface area contributed by atoms with Crippen LogP contribution < -0.4 is 0 Å². The molecule has 0 amide bonds. The maximum Gasteiger partial charge on any atom is 0.264 e. The van der Waals surface area contributed by atoms with Gasteiger partial charge < -0.3 is 4.74 Å². The highest BCUT2D eigenvalue weighted by Gasteiger charge is 2.52. The summed E-state index contributed by atoms with van der Waals surface area (Å²) in [5.41, 5.74) is -0.537. The third kappa shape index (κ3) is 5.33. The summed E-state index contributed by atoms with van der Waals surface area (Å²) in [5, 5.41) is 0. The first-order valence-corrected chi connectivity index (χ1v) is 12.4. The maximum atomic E-state index is 12.3. The van der Waals surface area contributed by atoms with Crippen molar-refractivity contribution in [2.45, 2.75) is 97.2 Å². The number of rotatable bonds is 10. The van der Waals surface area contributed by atoms with Gasteiger partial charge in [-0.25, -0.2) is 0 Å². The Morgan fingerprint density at radius 3 is 2.52 bits per heavy atom. The van der Waals surface area contributed by atoms with E-state index in [1.807, 2.05) is 13.8 Å². The second-order valence-corrected chi connectivity index (χ2v) is 10.5. The molecular weight excluding hydrogens is 364 g/mol. The predicted molar refractivity (Wildman–Crippen MR) is 107 cm³/mol. The predicted octanol–water partition coefficient (Wildman–Crippen LogP) is 4.49. The van der Waals surface area contributed by atoms with Gasteiger partial charge >= 0.3 is 0 Å². The molecule has 0 aromatic rings. The van der Waals surface area contributed by atoms with E-state index >= 15 is 0 Å². The zero-order valence-corrected chi connectivity index (χ0v) is 18.6. The first-order chi connectivity index (χ1) is 12.6. The van der Waals surface area contributed by atoms with Gasteiger partial charge in [-0.15, -0.1) is 0 Å². The van der Waals surface area contributed by atoms with Crippen molar-refractivity contribution in [1.82, 2.24) is 0 Å². The molecule has 0 bridgehead atoms. The lowest BCUT2D eigenvalue weighted by Gasteiger charge is -2.42. The van der Waals surface area contributed by atoms with Crippen molar-refractivity contribution in [1.29, 1.82) is 0 Å². The fourth-order valence-electron chi connectivity index (χ4n) is 5.61. The van der Waals surface area contributed by atoms with Crippen molar-refractivity contribution in [3.05, 3.63) is 0 Å². The van der Waals surface area contributed by atoms with Gasteiger partial charge in [-0.3, -0.25) is 8.98 Å². The Hall–Kier alpha value is -0.460. The van der Waals surface area contributed by atoms with E-state index < -0.39 is 15.7 Å². The Kier molecular flexibility index (Phi) is 7.54. The molecule has 0 aromatic heterocycles. The molecule has 0 heterocycles. The van der Waals surface area contributed by atoms with E-state index in [0.29, 0.717) is 37.6 Å². The van der Waals surface area contributed by atoms with Crippen LogP contribution in [-0.4, -0.2) is 38.8 Å². The quantitative estimate of drug-likeness (QED) is 0.398. The van der Waals surface area contributed by atoms with Gasteiger partial charge in [-0.05, 0) is 69.6 Å². The first kappa shape index (κ1) is 22.8. The number of carbonyl (C=O) groups excluding carboxylic acids is 1. The molecule has 2 fully saturated rings. The van der Waals surface area contributed by atoms with E-state index in [1.165, 1.54) is 0 Å². The van der Waals surface area contributed by atoms with E-state index in [2.05, 4.69) is 13.8 Å². The number of ketones is 1. The first-order valence-electron chi connectivity index (χ1n) is 10.6. The summed E-state index contributed by atoms with van der Waals surface area (Å²) in [6.45, 7) is 8.96. The topological polar surface area (TPSA) is 69.7 Å². The van der Waals surface area contributed by atoms with Crippen LogP contribution in [0.5, 0.6) is 0 Å². The molecule has 6 heteroatoms. The van der Waals surface area contributed by atoms with Crippen LogP contribution in [0.3, 0.4) is 0 Å². The molecule has 27 heavy (non-hydrogen) atoms. The minimum atomic E-state index is -3.47. The molecular formula is C21H38O5S. The summed E-state index contributed by atoms with van der Waals surface area (Å²) < 4.78 is 34.8. The molecule has 0 aromatic carbocycles. The minimum absolute atomic E-state index is 0.0880. The molecule has 4 atom stereocenters. The zero-order valence-electron chi connectivity index (χ0n) is 17.8. The van der Waals surface area contributed by atoms with Crippen LogP contribution in [0.2, 0.25) is 0 Å². The number of Topliss-reactive ketones (excluding diaryl/α,β-unsaturated/α-hetero) is 1. The Morgan fingerprint density at radius 1 is 1.26 bits per heavy atom. The second kappa shape index (κ2) is 8.91. The van der Waals surface area contributed by atoms with Crippen molar-refractivity contribution in [3.8, 4) is 0 Å². The highest BCUT2D eigenvalue weighted by atomic mass is 32.2. The normalized spacial score (nSPS) is 30.3. The van der Waals surface area contributed by atoms with Gasteiger partial charge in [0.1, 0.15) is 5.78 Å². The Labute approximate surface area is 165 Å². The van der Waals surface area contributed by atoms with E-state index in [1.54, 1.807) is 0 Å². The fourth-order valence-corrected chi connectivity index (χ4v) is 6.57. The van der Waals surface area contributed by atoms with Crippen LogP contribution in [-0.2, 0) is 23.8 Å². The highest BCUT2D eigenvalue weighted by molar-refractivity contribution is 7.86. The average Bonchev–Trinajstić information content (AvgIpc) is 2.95. The molecule has 0 saturated heterocycles. The summed E-state index contributed by atoms with van der Waals surface area (Å²) in [5.74, 6) is 1.10. The van der Waals surface area contributed by atoms with E-state index in [4.69, 9.17) is 8.92 Å². The van der Waals surface area contributed by atoms with Gasteiger partial charge in [0.2, 0.25) is 0 Å².